The van der Waals surface area contributed by atoms with E-state index < -0.39 is 5.82 Å². The van der Waals surface area contributed by atoms with Crippen LogP contribution in [0, 0.1) is 17.1 Å². The van der Waals surface area contributed by atoms with Crippen LogP contribution in [-0.4, -0.2) is 28.4 Å². The molecular weight excluding hydrogens is 506 g/mol. The predicted molar refractivity (Wildman–Crippen MR) is 139 cm³/mol. The van der Waals surface area contributed by atoms with Crippen LogP contribution in [0.1, 0.15) is 47.4 Å². The van der Waals surface area contributed by atoms with Crippen molar-refractivity contribution in [1.82, 2.24) is 9.88 Å². The lowest BCUT2D eigenvalue weighted by molar-refractivity contribution is 0.0739. The van der Waals surface area contributed by atoms with Gasteiger partial charge in [0.2, 0.25) is 0 Å². The maximum atomic E-state index is 14.0. The molecule has 3 aromatic rings. The molecule has 1 amide bonds. The van der Waals surface area contributed by atoms with Gasteiger partial charge in [-0.15, -0.1) is 11.8 Å². The summed E-state index contributed by atoms with van der Waals surface area (Å²) in [5.74, 6) is -0.238. The zero-order chi connectivity index (χ0) is 25.1. The smallest absolute Gasteiger partial charge is 0.254 e. The Labute approximate surface area is 218 Å². The normalized spacial score (nSPS) is 16.2. The predicted octanol–water partition coefficient (Wildman–Crippen LogP) is 7.15. The third-order valence-electron chi connectivity index (χ3n) is 6.10. The van der Waals surface area contributed by atoms with Crippen LogP contribution in [0.15, 0.2) is 53.6 Å². The van der Waals surface area contributed by atoms with Gasteiger partial charge in [0.25, 0.3) is 5.91 Å². The first-order valence-corrected chi connectivity index (χ1v) is 12.8. The van der Waals surface area contributed by atoms with E-state index in [0.717, 1.165) is 24.0 Å². The Balaban J connectivity index is 1.55. The fourth-order valence-corrected chi connectivity index (χ4v) is 6.20. The number of nitriles is 1. The number of halogens is 3. The van der Waals surface area contributed by atoms with Crippen LogP contribution in [0.5, 0.6) is 0 Å². The van der Waals surface area contributed by atoms with E-state index >= 15 is 0 Å². The Kier molecular flexibility index (Phi) is 7.85. The molecule has 2 aromatic carbocycles. The van der Waals surface area contributed by atoms with Crippen molar-refractivity contribution in [3.63, 3.8) is 0 Å². The molecule has 1 unspecified atom stereocenters. The number of nitrogen functional groups attached to an aromatic ring is 1. The number of nitrogens with zero attached hydrogens (tertiary/aromatic N) is 3. The van der Waals surface area contributed by atoms with Gasteiger partial charge in [0, 0.05) is 45.7 Å². The average Bonchev–Trinajstić information content (AvgIpc) is 3.31. The van der Waals surface area contributed by atoms with Gasteiger partial charge in [-0.05, 0) is 55.7 Å². The second-order valence-corrected chi connectivity index (χ2v) is 10.5. The molecule has 1 aromatic heterocycles. The highest BCUT2D eigenvalue weighted by Gasteiger charge is 2.29. The number of hydrogen-bond acceptors (Lipinski definition) is 5. The molecule has 0 saturated carbocycles. The van der Waals surface area contributed by atoms with Gasteiger partial charge >= 0.3 is 0 Å². The van der Waals surface area contributed by atoms with Gasteiger partial charge < -0.3 is 10.6 Å². The second kappa shape index (κ2) is 10.9. The molecule has 35 heavy (non-hydrogen) atoms. The molecule has 2 N–H and O–H groups in total. The van der Waals surface area contributed by atoms with Crippen molar-refractivity contribution in [2.45, 2.75) is 42.4 Å². The number of amides is 1. The minimum atomic E-state index is -0.527. The van der Waals surface area contributed by atoms with Crippen molar-refractivity contribution < 1.29 is 9.18 Å². The monoisotopic (exact) mass is 528 g/mol. The number of pyridine rings is 1. The zero-order valence-corrected chi connectivity index (χ0v) is 21.3. The van der Waals surface area contributed by atoms with E-state index in [0.29, 0.717) is 39.8 Å². The molecule has 4 rings (SSSR count). The summed E-state index contributed by atoms with van der Waals surface area (Å²) in [5.41, 5.74) is 8.91. The average molecular weight is 529 g/mol. The molecule has 2 atom stereocenters. The summed E-state index contributed by atoms with van der Waals surface area (Å²) in [4.78, 5) is 19.8. The maximum Gasteiger partial charge on any atom is 0.254 e. The molecule has 0 bridgehead atoms. The van der Waals surface area contributed by atoms with Crippen molar-refractivity contribution in [2.24, 2.45) is 0 Å². The van der Waals surface area contributed by atoms with E-state index in [2.05, 4.69) is 11.1 Å². The van der Waals surface area contributed by atoms with E-state index in [1.807, 2.05) is 25.1 Å². The van der Waals surface area contributed by atoms with E-state index in [1.165, 1.54) is 23.9 Å². The van der Waals surface area contributed by atoms with E-state index in [1.54, 1.807) is 23.2 Å². The van der Waals surface area contributed by atoms with Gasteiger partial charge in [0.15, 0.2) is 0 Å². The number of anilines is 1. The lowest BCUT2D eigenvalue weighted by Crippen LogP contribution is -2.35. The Morgan fingerprint density at radius 1 is 1.29 bits per heavy atom. The zero-order valence-electron chi connectivity index (χ0n) is 19.0. The summed E-state index contributed by atoms with van der Waals surface area (Å²) in [6.45, 7) is 2.55. The number of carbonyl (C=O) groups is 1. The van der Waals surface area contributed by atoms with Gasteiger partial charge in [-0.2, -0.15) is 5.26 Å². The van der Waals surface area contributed by atoms with Crippen LogP contribution in [0.3, 0.4) is 0 Å². The van der Waals surface area contributed by atoms with Crippen molar-refractivity contribution in [3.05, 3.63) is 75.7 Å². The fraction of sp³-hybridized carbons (Fsp3) is 0.269. The third-order valence-corrected chi connectivity index (χ3v) is 7.99. The number of benzene rings is 2. The van der Waals surface area contributed by atoms with Crippen LogP contribution >= 0.6 is 35.0 Å². The van der Waals surface area contributed by atoms with Crippen molar-refractivity contribution in [2.75, 3.05) is 12.3 Å². The fourth-order valence-electron chi connectivity index (χ4n) is 4.26. The molecule has 1 saturated heterocycles. The first-order chi connectivity index (χ1) is 16.8. The summed E-state index contributed by atoms with van der Waals surface area (Å²) in [6, 6.07) is 14.1. The van der Waals surface area contributed by atoms with Gasteiger partial charge in [0.1, 0.15) is 11.6 Å². The number of nitrogens with two attached hydrogens (primary N) is 1. The lowest BCUT2D eigenvalue weighted by atomic mass is 10.0. The molecule has 1 aliphatic rings. The topological polar surface area (TPSA) is 83.0 Å². The van der Waals surface area contributed by atoms with Gasteiger partial charge in [-0.3, -0.25) is 4.79 Å². The number of rotatable bonds is 6. The summed E-state index contributed by atoms with van der Waals surface area (Å²) >= 11 is 13.8. The largest absolute Gasteiger partial charge is 0.383 e. The summed E-state index contributed by atoms with van der Waals surface area (Å²) in [6.07, 6.45) is 3.80. The Morgan fingerprint density at radius 3 is 2.74 bits per heavy atom. The van der Waals surface area contributed by atoms with Crippen molar-refractivity contribution >= 4 is 46.7 Å². The van der Waals surface area contributed by atoms with Gasteiger partial charge in [-0.1, -0.05) is 35.3 Å². The van der Waals surface area contributed by atoms with Crippen molar-refractivity contribution in [1.29, 1.82) is 5.26 Å². The highest BCUT2D eigenvalue weighted by atomic mass is 35.5. The van der Waals surface area contributed by atoms with Crippen LogP contribution in [-0.2, 0) is 0 Å². The molecular formula is C26H23Cl2FN4OS. The molecule has 180 valence electrons. The van der Waals surface area contributed by atoms with Crippen LogP contribution in [0.2, 0.25) is 10.0 Å². The third kappa shape index (κ3) is 5.40. The van der Waals surface area contributed by atoms with E-state index in [4.69, 9.17) is 34.2 Å². The SMILES string of the molecule is CC(Sc1cc(-c2ccc(C(=O)N3CCC[C@H]3CC#N)cc2)cnc1N)c1c(Cl)ccc(F)c1Cl. The number of carbonyl (C=O) groups excluding carboxylic acids is 1. The minimum absolute atomic E-state index is 0.00421. The van der Waals surface area contributed by atoms with Gasteiger partial charge in [0.05, 0.1) is 22.4 Å². The van der Waals surface area contributed by atoms with E-state index in [9.17, 15) is 9.18 Å². The number of likely N-dealkylation sites (tertiary alicyclic amines) is 1. The number of hydrogen-bond donors (Lipinski definition) is 1. The number of aromatic nitrogens is 1. The highest BCUT2D eigenvalue weighted by molar-refractivity contribution is 7.99. The first-order valence-electron chi connectivity index (χ1n) is 11.1. The molecule has 9 heteroatoms. The molecule has 0 spiro atoms. The Morgan fingerprint density at radius 2 is 2.03 bits per heavy atom. The lowest BCUT2D eigenvalue weighted by Gasteiger charge is -2.23. The second-order valence-electron chi connectivity index (χ2n) is 8.36. The van der Waals surface area contributed by atoms with Crippen LogP contribution < -0.4 is 5.73 Å². The highest BCUT2D eigenvalue weighted by Crippen LogP contribution is 2.44. The Hall–Kier alpha value is -2.79. The standard InChI is InChI=1S/C26H23Cl2FN4OS/c1-15(23-20(27)8-9-21(29)24(23)28)35-22-13-18(14-32-25(22)31)16-4-6-17(7-5-16)26(34)33-12-2-3-19(33)10-11-30/h4-9,13-15,19H,2-3,10,12H2,1H3,(H2,31,32)/t15?,19-/m0/s1. The number of thioether (sulfide) groups is 1. The van der Waals surface area contributed by atoms with Crippen molar-refractivity contribution in [3.8, 4) is 17.2 Å². The van der Waals surface area contributed by atoms with Gasteiger partial charge in [-0.25, -0.2) is 9.37 Å². The van der Waals surface area contributed by atoms with Crippen LogP contribution in [0.4, 0.5) is 10.2 Å². The van der Waals surface area contributed by atoms with E-state index in [-0.39, 0.29) is 22.2 Å². The summed E-state index contributed by atoms with van der Waals surface area (Å²) in [5, 5.41) is 9.13. The maximum absolute atomic E-state index is 14.0. The molecule has 2 heterocycles. The molecule has 1 aliphatic heterocycles. The molecule has 5 nitrogen and oxygen atoms in total. The van der Waals surface area contributed by atoms with Crippen LogP contribution in [0.25, 0.3) is 11.1 Å². The molecule has 0 aliphatic carbocycles. The first kappa shape index (κ1) is 25.3. The summed E-state index contributed by atoms with van der Waals surface area (Å²) < 4.78 is 14.0. The minimum Gasteiger partial charge on any atom is -0.383 e. The Bertz CT molecular complexity index is 1300. The molecule has 1 fully saturated rings. The summed E-state index contributed by atoms with van der Waals surface area (Å²) in [7, 11) is 0. The molecule has 0 radical (unpaired) electrons. The quantitative estimate of drug-likeness (QED) is 0.271.